The van der Waals surface area contributed by atoms with E-state index in [1.807, 2.05) is 0 Å². The molecule has 0 saturated heterocycles. The number of hydrogen-bond donors (Lipinski definition) is 0. The van der Waals surface area contributed by atoms with Crippen molar-refractivity contribution < 1.29 is 17.2 Å². The summed E-state index contributed by atoms with van der Waals surface area (Å²) in [7, 11) is -3.78. The molecule has 0 heterocycles. The lowest BCUT2D eigenvalue weighted by Gasteiger charge is -2.22. The highest BCUT2D eigenvalue weighted by molar-refractivity contribution is 7.88. The Bertz CT molecular complexity index is 205. The highest BCUT2D eigenvalue weighted by Crippen LogP contribution is 2.12. The molecule has 3 nitrogen and oxygen atoms in total. The fourth-order valence-corrected chi connectivity index (χ4v) is 1.81. The Kier molecular flexibility index (Phi) is 3.37. The number of sulfonamides is 1. The fourth-order valence-electron chi connectivity index (χ4n) is 0.753. The average Bonchev–Trinajstić information content (AvgIpc) is 1.54. The quantitative estimate of drug-likeness (QED) is 0.615. The first kappa shape index (κ1) is 10.8. The molecule has 0 radical (unpaired) electrons. The summed E-state index contributed by atoms with van der Waals surface area (Å²) in [5.41, 5.74) is 0. The molecule has 0 rings (SSSR count). The molecule has 0 unspecified atom stereocenters. The number of rotatable bonds is 3. The van der Waals surface area contributed by atoms with Gasteiger partial charge in [0.25, 0.3) is 0 Å². The number of hydrogen-bond acceptors (Lipinski definition) is 2. The summed E-state index contributed by atoms with van der Waals surface area (Å²) < 4.78 is 45.5. The molecule has 11 heavy (non-hydrogen) atoms. The Morgan fingerprint density at radius 2 is 1.64 bits per heavy atom. The van der Waals surface area contributed by atoms with Gasteiger partial charge in [0.15, 0.2) is 0 Å². The van der Waals surface area contributed by atoms with Crippen LogP contribution >= 0.6 is 0 Å². The molecule has 0 bridgehead atoms. The summed E-state index contributed by atoms with van der Waals surface area (Å²) in [6.07, 6.45) is 0.763. The Hall–Kier alpha value is -0.230. The molecule has 0 aliphatic heterocycles. The van der Waals surface area contributed by atoms with Crippen LogP contribution in [0.4, 0.5) is 8.78 Å². The minimum Gasteiger partial charge on any atom is -0.212 e. The van der Waals surface area contributed by atoms with Crippen LogP contribution in [0.15, 0.2) is 0 Å². The second-order valence-electron chi connectivity index (χ2n) is 2.46. The van der Waals surface area contributed by atoms with Gasteiger partial charge >= 0.3 is 6.55 Å². The Morgan fingerprint density at radius 3 is 1.64 bits per heavy atom. The molecule has 0 aromatic carbocycles. The van der Waals surface area contributed by atoms with Crippen LogP contribution in [0.3, 0.4) is 0 Å². The molecule has 0 N–H and O–H groups in total. The second kappa shape index (κ2) is 3.44. The molecule has 68 valence electrons. The largest absolute Gasteiger partial charge is 0.307 e. The molecule has 0 fully saturated rings. The van der Waals surface area contributed by atoms with Gasteiger partial charge in [-0.05, 0) is 13.8 Å². The third-order valence-corrected chi connectivity index (χ3v) is 2.43. The van der Waals surface area contributed by atoms with Crippen molar-refractivity contribution in [2.24, 2.45) is 0 Å². The normalized spacial score (nSPS) is 13.5. The monoisotopic (exact) mass is 187 g/mol. The Labute approximate surface area is 65.1 Å². The third kappa shape index (κ3) is 3.11. The molecule has 0 aromatic heterocycles. The van der Waals surface area contributed by atoms with Crippen LogP contribution in [0.25, 0.3) is 0 Å². The summed E-state index contributed by atoms with van der Waals surface area (Å²) in [5.74, 6) is 0. The van der Waals surface area contributed by atoms with Crippen molar-refractivity contribution >= 4 is 10.0 Å². The minimum absolute atomic E-state index is 0.160. The van der Waals surface area contributed by atoms with E-state index in [2.05, 4.69) is 0 Å². The van der Waals surface area contributed by atoms with Gasteiger partial charge in [-0.25, -0.2) is 8.42 Å². The van der Waals surface area contributed by atoms with E-state index in [1.165, 1.54) is 13.8 Å². The molecular weight excluding hydrogens is 176 g/mol. The average molecular weight is 187 g/mol. The molecular formula is C5H11F2NO2S. The Morgan fingerprint density at radius 1 is 1.27 bits per heavy atom. The van der Waals surface area contributed by atoms with E-state index in [9.17, 15) is 17.2 Å². The van der Waals surface area contributed by atoms with Gasteiger partial charge in [-0.1, -0.05) is 0 Å². The predicted octanol–water partition coefficient (Wildman–Crippen LogP) is 0.879. The zero-order chi connectivity index (χ0) is 9.23. The van der Waals surface area contributed by atoms with Crippen LogP contribution in [0, 0.1) is 0 Å². The predicted molar refractivity (Wildman–Crippen MR) is 37.8 cm³/mol. The van der Waals surface area contributed by atoms with Gasteiger partial charge in [-0.2, -0.15) is 8.78 Å². The van der Waals surface area contributed by atoms with Gasteiger partial charge in [-0.3, -0.25) is 0 Å². The topological polar surface area (TPSA) is 37.4 Å². The molecule has 0 aliphatic rings. The second-order valence-corrected chi connectivity index (χ2v) is 4.35. The first-order chi connectivity index (χ1) is 4.76. The maximum Gasteiger partial charge on any atom is 0.307 e. The molecule has 0 amide bonds. The van der Waals surface area contributed by atoms with Crippen molar-refractivity contribution in [1.29, 1.82) is 0 Å². The van der Waals surface area contributed by atoms with E-state index in [0.717, 1.165) is 6.26 Å². The minimum atomic E-state index is -3.78. The van der Waals surface area contributed by atoms with Gasteiger partial charge in [0.05, 0.1) is 6.26 Å². The van der Waals surface area contributed by atoms with Gasteiger partial charge in [0.1, 0.15) is 0 Å². The lowest BCUT2D eigenvalue weighted by Crippen LogP contribution is -2.39. The van der Waals surface area contributed by atoms with Crippen LogP contribution in [-0.2, 0) is 10.0 Å². The highest BCUT2D eigenvalue weighted by Gasteiger charge is 2.28. The van der Waals surface area contributed by atoms with E-state index < -0.39 is 22.6 Å². The summed E-state index contributed by atoms with van der Waals surface area (Å²) in [5, 5.41) is 0. The number of halogens is 2. The fraction of sp³-hybridized carbons (Fsp3) is 1.00. The molecule has 0 atom stereocenters. The van der Waals surface area contributed by atoms with Crippen molar-refractivity contribution in [3.63, 3.8) is 0 Å². The van der Waals surface area contributed by atoms with Crippen LogP contribution < -0.4 is 0 Å². The number of nitrogens with zero attached hydrogens (tertiary/aromatic N) is 1. The summed E-state index contributed by atoms with van der Waals surface area (Å²) in [4.78, 5) is 0. The standard InChI is InChI=1S/C5H11F2NO2S/c1-4(2)8(5(6)7)11(3,9)10/h4-5H,1-3H3. The lowest BCUT2D eigenvalue weighted by atomic mass is 10.4. The lowest BCUT2D eigenvalue weighted by molar-refractivity contribution is 0.0159. The SMILES string of the molecule is CC(C)N(C(F)F)S(C)(=O)=O. The molecule has 0 saturated carbocycles. The first-order valence-corrected chi connectivity index (χ1v) is 4.88. The number of alkyl halides is 2. The summed E-state index contributed by atoms with van der Waals surface area (Å²) in [6, 6.07) is -0.704. The van der Waals surface area contributed by atoms with E-state index >= 15 is 0 Å². The third-order valence-electron chi connectivity index (χ3n) is 1.08. The van der Waals surface area contributed by atoms with Crippen LogP contribution in [-0.4, -0.2) is 31.6 Å². The van der Waals surface area contributed by atoms with Crippen molar-refractivity contribution in [2.45, 2.75) is 26.4 Å². The van der Waals surface area contributed by atoms with Gasteiger partial charge in [0, 0.05) is 6.04 Å². The zero-order valence-electron chi connectivity index (χ0n) is 6.58. The molecule has 6 heteroatoms. The van der Waals surface area contributed by atoms with Crippen molar-refractivity contribution in [2.75, 3.05) is 6.26 Å². The molecule has 0 aliphatic carbocycles. The Balaban J connectivity index is 4.64. The molecule has 0 aromatic rings. The summed E-state index contributed by atoms with van der Waals surface area (Å²) in [6.45, 7) is -0.162. The van der Waals surface area contributed by atoms with Gasteiger partial charge in [-0.15, -0.1) is 4.31 Å². The maximum atomic E-state index is 12.0. The first-order valence-electron chi connectivity index (χ1n) is 3.03. The van der Waals surface area contributed by atoms with Crippen molar-refractivity contribution in [1.82, 2.24) is 4.31 Å². The van der Waals surface area contributed by atoms with Crippen molar-refractivity contribution in [3.05, 3.63) is 0 Å². The van der Waals surface area contributed by atoms with Crippen LogP contribution in [0.5, 0.6) is 0 Å². The van der Waals surface area contributed by atoms with Gasteiger partial charge in [0.2, 0.25) is 10.0 Å². The van der Waals surface area contributed by atoms with E-state index in [1.54, 1.807) is 0 Å². The zero-order valence-corrected chi connectivity index (χ0v) is 7.40. The van der Waals surface area contributed by atoms with E-state index in [0.29, 0.717) is 0 Å². The van der Waals surface area contributed by atoms with E-state index in [4.69, 9.17) is 0 Å². The molecule has 0 spiro atoms. The highest BCUT2D eigenvalue weighted by atomic mass is 32.2. The van der Waals surface area contributed by atoms with Gasteiger partial charge < -0.3 is 0 Å². The van der Waals surface area contributed by atoms with Crippen molar-refractivity contribution in [3.8, 4) is 0 Å². The van der Waals surface area contributed by atoms with E-state index in [-0.39, 0.29) is 4.31 Å². The summed E-state index contributed by atoms with van der Waals surface area (Å²) >= 11 is 0. The maximum absolute atomic E-state index is 12.0. The van der Waals surface area contributed by atoms with Crippen LogP contribution in [0.2, 0.25) is 0 Å². The van der Waals surface area contributed by atoms with Crippen LogP contribution in [0.1, 0.15) is 13.8 Å². The smallest absolute Gasteiger partial charge is 0.212 e.